The van der Waals surface area contributed by atoms with Gasteiger partial charge in [-0.2, -0.15) is 5.26 Å². The van der Waals surface area contributed by atoms with Crippen LogP contribution in [0.5, 0.6) is 5.75 Å². The van der Waals surface area contributed by atoms with Crippen LogP contribution in [-0.2, 0) is 4.74 Å². The Kier molecular flexibility index (Phi) is 6.34. The van der Waals surface area contributed by atoms with Gasteiger partial charge in [0, 0.05) is 23.4 Å². The third-order valence-corrected chi connectivity index (χ3v) is 5.32. The van der Waals surface area contributed by atoms with E-state index in [2.05, 4.69) is 27.6 Å². The van der Waals surface area contributed by atoms with Crippen LogP contribution in [-0.4, -0.2) is 34.3 Å². The molecule has 1 aromatic carbocycles. The number of allylic oxidation sites excluding steroid dienone is 2. The first kappa shape index (κ1) is 21.3. The molecule has 0 spiro atoms. The Bertz CT molecular complexity index is 1300. The van der Waals surface area contributed by atoms with E-state index >= 15 is 0 Å². The second kappa shape index (κ2) is 9.50. The van der Waals surface area contributed by atoms with E-state index in [-0.39, 0.29) is 6.10 Å². The zero-order valence-corrected chi connectivity index (χ0v) is 18.0. The van der Waals surface area contributed by atoms with Gasteiger partial charge in [0.2, 0.25) is 0 Å². The third kappa shape index (κ3) is 4.56. The number of aromatic nitrogens is 3. The van der Waals surface area contributed by atoms with Crippen molar-refractivity contribution in [3.05, 3.63) is 70.5 Å². The van der Waals surface area contributed by atoms with Crippen molar-refractivity contribution in [3.8, 4) is 23.2 Å². The molecule has 7 nitrogen and oxygen atoms in total. The fourth-order valence-corrected chi connectivity index (χ4v) is 3.76. The minimum atomic E-state index is 0.0683. The summed E-state index contributed by atoms with van der Waals surface area (Å²) in [6.45, 7) is 7.48. The number of hydrogen-bond donors (Lipinski definition) is 2. The Hall–Kier alpha value is -3.89. The second-order valence-electron chi connectivity index (χ2n) is 7.57. The van der Waals surface area contributed by atoms with E-state index in [0.29, 0.717) is 36.0 Å². The monoisotopic (exact) mass is 427 g/mol. The fraction of sp³-hybridized carbons (Fsp3) is 0.240. The molecular formula is C25H25N5O2. The molecule has 1 saturated heterocycles. The number of rotatable bonds is 5. The minimum Gasteiger partial charge on any atom is -0.489 e. The van der Waals surface area contributed by atoms with Gasteiger partial charge in [-0.1, -0.05) is 24.8 Å². The Morgan fingerprint density at radius 2 is 2.12 bits per heavy atom. The summed E-state index contributed by atoms with van der Waals surface area (Å²) in [5, 5.41) is 11.4. The summed E-state index contributed by atoms with van der Waals surface area (Å²) in [5.74, 6) is 0.948. The van der Waals surface area contributed by atoms with Crippen LogP contribution in [0, 0.1) is 11.3 Å². The lowest BCUT2D eigenvalue weighted by Crippen LogP contribution is -2.26. The highest BCUT2D eigenvalue weighted by Gasteiger charge is 2.17. The lowest BCUT2D eigenvalue weighted by Gasteiger charge is -2.24. The summed E-state index contributed by atoms with van der Waals surface area (Å²) in [6, 6.07) is 9.94. The largest absolute Gasteiger partial charge is 0.489 e. The highest BCUT2D eigenvalue weighted by atomic mass is 16.5. The fourth-order valence-electron chi connectivity index (χ4n) is 3.76. The van der Waals surface area contributed by atoms with Crippen LogP contribution in [0.4, 0.5) is 5.82 Å². The number of hydrogen-bond acceptors (Lipinski definition) is 6. The van der Waals surface area contributed by atoms with Crippen molar-refractivity contribution in [1.29, 1.82) is 5.26 Å². The predicted molar refractivity (Wildman–Crippen MR) is 124 cm³/mol. The molecule has 3 N–H and O–H groups in total. The average Bonchev–Trinajstić information content (AvgIpc) is 3.20. The maximum atomic E-state index is 9.76. The molecule has 32 heavy (non-hydrogen) atoms. The third-order valence-electron chi connectivity index (χ3n) is 5.32. The first-order chi connectivity index (χ1) is 15.6. The van der Waals surface area contributed by atoms with Crippen molar-refractivity contribution in [2.24, 2.45) is 0 Å². The number of benzene rings is 1. The van der Waals surface area contributed by atoms with Crippen LogP contribution in [0.3, 0.4) is 0 Å². The van der Waals surface area contributed by atoms with E-state index in [1.807, 2.05) is 43.3 Å². The van der Waals surface area contributed by atoms with E-state index in [1.165, 1.54) is 6.20 Å². The van der Waals surface area contributed by atoms with Gasteiger partial charge in [-0.3, -0.25) is 4.98 Å². The lowest BCUT2D eigenvalue weighted by atomic mass is 10.00. The maximum Gasteiger partial charge on any atom is 0.142 e. The topological polar surface area (TPSA) is 110 Å². The van der Waals surface area contributed by atoms with Gasteiger partial charge in [-0.15, -0.1) is 0 Å². The summed E-state index contributed by atoms with van der Waals surface area (Å²) >= 11 is 0. The maximum absolute atomic E-state index is 9.76. The summed E-state index contributed by atoms with van der Waals surface area (Å²) in [6.07, 6.45) is 8.83. The molecule has 1 fully saturated rings. The van der Waals surface area contributed by atoms with Crippen molar-refractivity contribution in [3.63, 3.8) is 0 Å². The number of nitrogens with zero attached hydrogens (tertiary/aromatic N) is 3. The zero-order valence-electron chi connectivity index (χ0n) is 18.0. The van der Waals surface area contributed by atoms with Crippen molar-refractivity contribution < 1.29 is 9.47 Å². The molecule has 0 saturated carbocycles. The summed E-state index contributed by atoms with van der Waals surface area (Å²) in [4.78, 5) is 11.7. The number of nitrogens with two attached hydrogens (primary N) is 1. The molecular weight excluding hydrogens is 402 g/mol. The van der Waals surface area contributed by atoms with Gasteiger partial charge in [0.25, 0.3) is 0 Å². The molecule has 0 radical (unpaired) electrons. The summed E-state index contributed by atoms with van der Waals surface area (Å²) in [5.41, 5.74) is 9.52. The normalized spacial score (nSPS) is 15.5. The van der Waals surface area contributed by atoms with Gasteiger partial charge in [0.1, 0.15) is 29.4 Å². The molecule has 2 aromatic heterocycles. The Labute approximate surface area is 186 Å². The molecule has 1 aliphatic heterocycles. The van der Waals surface area contributed by atoms with Gasteiger partial charge in [-0.05, 0) is 36.3 Å². The van der Waals surface area contributed by atoms with Gasteiger partial charge in [0.15, 0.2) is 0 Å². The zero-order chi connectivity index (χ0) is 22.5. The highest BCUT2D eigenvalue weighted by molar-refractivity contribution is 5.76. The standard InChI is InChI=1S/C25H25N5O2/c1-3-4-20(21-12-22(29-16(21)2)23-14-28-15-25(27)30-23)17-5-6-24(18(11-17)13-26)32-19-7-9-31-10-8-19/h3-6,11-12,14-15,19,29H,2,7-10H2,1H3,(H2,27,30)/b4-3-,21-20+. The first-order valence-corrected chi connectivity index (χ1v) is 10.5. The molecule has 3 heterocycles. The Balaban J connectivity index is 1.77. The van der Waals surface area contributed by atoms with E-state index in [4.69, 9.17) is 15.2 Å². The van der Waals surface area contributed by atoms with E-state index in [1.54, 1.807) is 6.20 Å². The van der Waals surface area contributed by atoms with Crippen LogP contribution in [0.1, 0.15) is 30.9 Å². The average molecular weight is 428 g/mol. The number of aromatic amines is 1. The Morgan fingerprint density at radius 3 is 2.84 bits per heavy atom. The minimum absolute atomic E-state index is 0.0683. The molecule has 0 amide bonds. The first-order valence-electron chi connectivity index (χ1n) is 10.5. The van der Waals surface area contributed by atoms with Crippen molar-refractivity contribution >= 4 is 18.0 Å². The molecule has 0 bridgehead atoms. The van der Waals surface area contributed by atoms with E-state index in [0.717, 1.165) is 40.2 Å². The van der Waals surface area contributed by atoms with Crippen LogP contribution in [0.2, 0.25) is 0 Å². The smallest absolute Gasteiger partial charge is 0.142 e. The van der Waals surface area contributed by atoms with Gasteiger partial charge >= 0.3 is 0 Å². The van der Waals surface area contributed by atoms with E-state index in [9.17, 15) is 5.26 Å². The van der Waals surface area contributed by atoms with Crippen LogP contribution < -0.4 is 21.0 Å². The number of nitrogens with one attached hydrogen (secondary N) is 1. The molecule has 162 valence electrons. The lowest BCUT2D eigenvalue weighted by molar-refractivity contribution is 0.0254. The van der Waals surface area contributed by atoms with Gasteiger partial charge < -0.3 is 20.2 Å². The van der Waals surface area contributed by atoms with Crippen LogP contribution in [0.15, 0.2) is 48.8 Å². The molecule has 0 aliphatic carbocycles. The molecule has 0 atom stereocenters. The van der Waals surface area contributed by atoms with Crippen molar-refractivity contribution in [2.45, 2.75) is 25.9 Å². The van der Waals surface area contributed by atoms with Crippen LogP contribution in [0.25, 0.3) is 23.5 Å². The quantitative estimate of drug-likeness (QED) is 0.648. The second-order valence-corrected chi connectivity index (χ2v) is 7.57. The highest BCUT2D eigenvalue weighted by Crippen LogP contribution is 2.26. The number of nitrogen functional groups attached to an aromatic ring is 1. The van der Waals surface area contributed by atoms with E-state index < -0.39 is 0 Å². The summed E-state index contributed by atoms with van der Waals surface area (Å²) in [7, 11) is 0. The SMILES string of the molecule is C=c1[nH]c(-c2cncc(N)n2)c/c1=C(/C=C\C)c1ccc(OC2CCOCC2)c(C#N)c1. The molecule has 0 unspecified atom stereocenters. The van der Waals surface area contributed by atoms with Gasteiger partial charge in [0.05, 0.1) is 36.9 Å². The Morgan fingerprint density at radius 1 is 1.31 bits per heavy atom. The van der Waals surface area contributed by atoms with Crippen molar-refractivity contribution in [2.75, 3.05) is 18.9 Å². The molecule has 1 aliphatic rings. The van der Waals surface area contributed by atoms with Crippen molar-refractivity contribution in [1.82, 2.24) is 15.0 Å². The number of H-pyrrole nitrogens is 1. The number of anilines is 1. The number of nitriles is 1. The van der Waals surface area contributed by atoms with Crippen LogP contribution >= 0.6 is 0 Å². The molecule has 3 aromatic rings. The molecule has 7 heteroatoms. The van der Waals surface area contributed by atoms with Gasteiger partial charge in [-0.25, -0.2) is 4.98 Å². The molecule has 4 rings (SSSR count). The number of ether oxygens (including phenoxy) is 2. The summed E-state index contributed by atoms with van der Waals surface area (Å²) < 4.78 is 11.5. The predicted octanol–water partition coefficient (Wildman–Crippen LogP) is 2.67.